The first kappa shape index (κ1) is 26.4. The topological polar surface area (TPSA) is 26.7 Å². The molecule has 0 aromatic heterocycles. The lowest BCUT2D eigenvalue weighted by Crippen LogP contribution is -2.11. The molecular formula is C40H29N2OP. The summed E-state index contributed by atoms with van der Waals surface area (Å²) < 4.78 is 0. The third-order valence-electron chi connectivity index (χ3n) is 8.40. The van der Waals surface area contributed by atoms with Crippen molar-refractivity contribution in [3.63, 3.8) is 0 Å². The van der Waals surface area contributed by atoms with Gasteiger partial charge in [0.15, 0.2) is 0 Å². The molecule has 3 nitrogen and oxygen atoms in total. The fraction of sp³-hybridized carbons (Fsp3) is 0. The van der Waals surface area contributed by atoms with Gasteiger partial charge in [-0.1, -0.05) is 103 Å². The van der Waals surface area contributed by atoms with Crippen molar-refractivity contribution in [1.82, 2.24) is 0 Å². The van der Waals surface area contributed by atoms with Crippen molar-refractivity contribution in [3.05, 3.63) is 164 Å². The van der Waals surface area contributed by atoms with Crippen LogP contribution in [0.25, 0.3) is 32.3 Å². The Kier molecular flexibility index (Phi) is 6.68. The van der Waals surface area contributed by atoms with E-state index in [2.05, 4.69) is 161 Å². The summed E-state index contributed by atoms with van der Waals surface area (Å²) in [7, 11) is -0.224. The maximum atomic E-state index is 9.72. The molecule has 0 bridgehead atoms. The van der Waals surface area contributed by atoms with Crippen LogP contribution >= 0.6 is 8.81 Å². The minimum absolute atomic E-state index is 0.224. The second-order valence-corrected chi connectivity index (χ2v) is 11.7. The van der Waals surface area contributed by atoms with Crippen molar-refractivity contribution >= 4 is 80.6 Å². The fourth-order valence-electron chi connectivity index (χ4n) is 6.43. The minimum Gasteiger partial charge on any atom is -0.372 e. The van der Waals surface area contributed by atoms with Crippen molar-refractivity contribution in [2.45, 2.75) is 0 Å². The Bertz CT molecular complexity index is 2160. The van der Waals surface area contributed by atoms with Gasteiger partial charge in [0.05, 0.1) is 11.4 Å². The molecule has 0 spiro atoms. The molecule has 0 heterocycles. The van der Waals surface area contributed by atoms with Crippen LogP contribution in [-0.4, -0.2) is 4.89 Å². The van der Waals surface area contributed by atoms with E-state index in [0.29, 0.717) is 0 Å². The first-order valence-electron chi connectivity index (χ1n) is 14.8. The molecule has 1 N–H and O–H groups in total. The van der Waals surface area contributed by atoms with E-state index in [1.54, 1.807) is 0 Å². The van der Waals surface area contributed by atoms with Gasteiger partial charge in [-0.25, -0.2) is 0 Å². The van der Waals surface area contributed by atoms with Crippen LogP contribution in [0.3, 0.4) is 0 Å². The van der Waals surface area contributed by atoms with E-state index < -0.39 is 0 Å². The first-order chi connectivity index (χ1) is 21.8. The summed E-state index contributed by atoms with van der Waals surface area (Å²) in [5, 5.41) is 8.29. The normalized spacial score (nSPS) is 11.7. The number of hydrogen-bond donors (Lipinski definition) is 1. The molecule has 0 radical (unpaired) electrons. The van der Waals surface area contributed by atoms with Gasteiger partial charge in [0, 0.05) is 42.3 Å². The zero-order valence-electron chi connectivity index (χ0n) is 23.9. The van der Waals surface area contributed by atoms with E-state index in [0.717, 1.165) is 39.4 Å². The predicted molar refractivity (Wildman–Crippen MR) is 190 cm³/mol. The highest BCUT2D eigenvalue weighted by molar-refractivity contribution is 7.40. The van der Waals surface area contributed by atoms with Gasteiger partial charge in [-0.2, -0.15) is 0 Å². The van der Waals surface area contributed by atoms with E-state index in [9.17, 15) is 4.89 Å². The molecule has 0 aliphatic rings. The van der Waals surface area contributed by atoms with Crippen LogP contribution in [0, 0.1) is 0 Å². The lowest BCUT2D eigenvalue weighted by Gasteiger charge is -2.29. The quantitative estimate of drug-likeness (QED) is 0.149. The first-order valence-corrected chi connectivity index (χ1v) is 15.7. The van der Waals surface area contributed by atoms with E-state index in [1.807, 2.05) is 12.1 Å². The molecule has 1 unspecified atom stereocenters. The highest BCUT2D eigenvalue weighted by Gasteiger charge is 2.21. The Balaban J connectivity index is 1.40. The zero-order chi connectivity index (χ0) is 29.5. The molecule has 44 heavy (non-hydrogen) atoms. The Morgan fingerprint density at radius 2 is 0.727 bits per heavy atom. The van der Waals surface area contributed by atoms with E-state index in [1.165, 1.54) is 32.3 Å². The summed E-state index contributed by atoms with van der Waals surface area (Å²) in [6.07, 6.45) is 0. The minimum atomic E-state index is -0.224. The number of para-hydroxylation sites is 3. The number of benzene rings is 8. The fourth-order valence-corrected chi connectivity index (χ4v) is 6.75. The molecule has 0 saturated heterocycles. The Hall–Kier alpha value is -5.21. The zero-order valence-corrected chi connectivity index (χ0v) is 24.9. The largest absolute Gasteiger partial charge is 0.372 e. The molecule has 0 aliphatic heterocycles. The summed E-state index contributed by atoms with van der Waals surface area (Å²) in [6.45, 7) is 0. The van der Waals surface area contributed by atoms with Crippen molar-refractivity contribution in [2.75, 3.05) is 9.80 Å². The molecule has 8 aromatic carbocycles. The molecular weight excluding hydrogens is 555 g/mol. The molecule has 0 aliphatic carbocycles. The Morgan fingerprint density at radius 3 is 1.11 bits per heavy atom. The highest BCUT2D eigenvalue weighted by Crippen LogP contribution is 2.47. The Morgan fingerprint density at radius 1 is 0.364 bits per heavy atom. The summed E-state index contributed by atoms with van der Waals surface area (Å²) in [5.74, 6) is 0. The average Bonchev–Trinajstić information content (AvgIpc) is 3.10. The van der Waals surface area contributed by atoms with E-state index in [4.69, 9.17) is 0 Å². The van der Waals surface area contributed by atoms with Crippen LogP contribution in [0.5, 0.6) is 0 Å². The number of nitrogens with zero attached hydrogens (tertiary/aromatic N) is 2. The lowest BCUT2D eigenvalue weighted by atomic mass is 9.91. The van der Waals surface area contributed by atoms with Crippen LogP contribution in [0.1, 0.15) is 0 Å². The van der Waals surface area contributed by atoms with E-state index in [-0.39, 0.29) is 8.81 Å². The Labute approximate surface area is 258 Å². The molecule has 4 heteroatoms. The van der Waals surface area contributed by atoms with Gasteiger partial charge in [0.2, 0.25) is 0 Å². The van der Waals surface area contributed by atoms with Gasteiger partial charge in [0.1, 0.15) is 0 Å². The highest BCUT2D eigenvalue weighted by atomic mass is 31.1. The SMILES string of the molecule is OPc1ccc(N(c2ccccc2)c2ccc3ccc4c(N(c5ccccc5)c5ccccc5)ccc5ccc2c3c54)cc1. The molecule has 8 rings (SSSR count). The van der Waals surface area contributed by atoms with Gasteiger partial charge in [0.25, 0.3) is 0 Å². The monoisotopic (exact) mass is 584 g/mol. The maximum absolute atomic E-state index is 9.72. The van der Waals surface area contributed by atoms with E-state index >= 15 is 0 Å². The second kappa shape index (κ2) is 11.1. The van der Waals surface area contributed by atoms with Crippen LogP contribution in [0.15, 0.2) is 164 Å². The van der Waals surface area contributed by atoms with Crippen molar-refractivity contribution < 1.29 is 4.89 Å². The number of rotatable bonds is 7. The van der Waals surface area contributed by atoms with Crippen molar-refractivity contribution in [1.29, 1.82) is 0 Å². The van der Waals surface area contributed by atoms with Gasteiger partial charge < -0.3 is 14.7 Å². The van der Waals surface area contributed by atoms with Crippen LogP contribution in [0.2, 0.25) is 0 Å². The van der Waals surface area contributed by atoms with Crippen molar-refractivity contribution in [3.8, 4) is 0 Å². The lowest BCUT2D eigenvalue weighted by molar-refractivity contribution is 0.655. The van der Waals surface area contributed by atoms with Gasteiger partial charge in [-0.05, 0) is 87.5 Å². The summed E-state index contributed by atoms with van der Waals surface area (Å²) in [4.78, 5) is 14.4. The third-order valence-corrected chi connectivity index (χ3v) is 8.99. The molecule has 0 saturated carbocycles. The van der Waals surface area contributed by atoms with Crippen molar-refractivity contribution in [2.24, 2.45) is 0 Å². The van der Waals surface area contributed by atoms with Gasteiger partial charge in [-0.15, -0.1) is 0 Å². The van der Waals surface area contributed by atoms with Gasteiger partial charge in [-0.3, -0.25) is 0 Å². The summed E-state index contributed by atoms with van der Waals surface area (Å²) >= 11 is 0. The second-order valence-electron chi connectivity index (χ2n) is 10.9. The third kappa shape index (κ3) is 4.46. The number of anilines is 6. The predicted octanol–water partition coefficient (Wildman–Crippen LogP) is 10.7. The molecule has 0 fully saturated rings. The average molecular weight is 585 g/mol. The number of hydrogen-bond acceptors (Lipinski definition) is 3. The molecule has 8 aromatic rings. The van der Waals surface area contributed by atoms with Crippen LogP contribution < -0.4 is 15.1 Å². The maximum Gasteiger partial charge on any atom is 0.0540 e. The summed E-state index contributed by atoms with van der Waals surface area (Å²) in [6, 6.07) is 58.0. The van der Waals surface area contributed by atoms with Crippen LogP contribution in [-0.2, 0) is 0 Å². The molecule has 1 atom stereocenters. The molecule has 0 amide bonds. The smallest absolute Gasteiger partial charge is 0.0540 e. The van der Waals surface area contributed by atoms with Crippen LogP contribution in [0.4, 0.5) is 34.1 Å². The summed E-state index contributed by atoms with van der Waals surface area (Å²) in [5.41, 5.74) is 6.64. The molecule has 210 valence electrons. The van der Waals surface area contributed by atoms with Gasteiger partial charge >= 0.3 is 0 Å². The standard InChI is InChI=1S/C40H29N2OP/c43-44-34-22-20-33(21-23-34)42(32-14-8-3-9-15-32)38-27-19-29-16-24-35-37(26-18-28-17-25-36(38)40(29)39(28)35)41(30-10-4-1-5-11-30)31-12-6-2-7-13-31/h1-27,43-44H.